The summed E-state index contributed by atoms with van der Waals surface area (Å²) in [4.78, 5) is 56.0. The summed E-state index contributed by atoms with van der Waals surface area (Å²) in [5, 5.41) is 2.86. The molecule has 0 fully saturated rings. The average Bonchev–Trinajstić information content (AvgIpc) is 3.10. The van der Waals surface area contributed by atoms with Crippen LogP contribution in [0, 0.1) is 6.92 Å². The van der Waals surface area contributed by atoms with Crippen molar-refractivity contribution in [2.45, 2.75) is 70.5 Å². The first kappa shape index (κ1) is 42.4. The topological polar surface area (TPSA) is 142 Å². The second-order valence-electron chi connectivity index (χ2n) is 13.8. The molecule has 0 aliphatic carbocycles. The number of hydrogen-bond donors (Lipinski definition) is 3. The molecule has 5 N–H and O–H groups in total. The molecule has 3 aromatic carbocycles. The molecular formula is C41H58N6O4. The van der Waals surface area contributed by atoms with Crippen molar-refractivity contribution < 1.29 is 19.2 Å². The number of carbonyl (C=O) groups excluding carboxylic acids is 4. The van der Waals surface area contributed by atoms with Crippen molar-refractivity contribution in [3.05, 3.63) is 108 Å². The van der Waals surface area contributed by atoms with E-state index in [1.54, 1.807) is 20.2 Å². The van der Waals surface area contributed by atoms with E-state index in [2.05, 4.69) is 60.8 Å². The van der Waals surface area contributed by atoms with E-state index in [4.69, 9.17) is 11.5 Å². The fourth-order valence-corrected chi connectivity index (χ4v) is 5.11. The van der Waals surface area contributed by atoms with E-state index in [9.17, 15) is 19.2 Å². The van der Waals surface area contributed by atoms with Crippen LogP contribution in [-0.4, -0.2) is 97.2 Å². The number of unbranched alkanes of at least 4 members (excludes halogenated alkanes) is 1. The lowest BCUT2D eigenvalue weighted by molar-refractivity contribution is -0.143. The maximum atomic E-state index is 13.5. The quantitative estimate of drug-likeness (QED) is 0.148. The normalized spacial score (nSPS) is 12.3. The van der Waals surface area contributed by atoms with Crippen molar-refractivity contribution >= 4 is 23.6 Å². The van der Waals surface area contributed by atoms with Crippen molar-refractivity contribution in [1.82, 2.24) is 20.0 Å². The third-order valence-electron chi connectivity index (χ3n) is 8.25. The molecule has 0 aromatic heterocycles. The summed E-state index contributed by atoms with van der Waals surface area (Å²) < 4.78 is 0. The minimum absolute atomic E-state index is 0.208. The van der Waals surface area contributed by atoms with E-state index in [-0.39, 0.29) is 24.8 Å². The summed E-state index contributed by atoms with van der Waals surface area (Å²) in [5.74, 6) is -1.39. The first-order valence-electron chi connectivity index (χ1n) is 17.5. The number of likely N-dealkylation sites (N-methyl/N-ethyl adjacent to an activating group) is 3. The van der Waals surface area contributed by atoms with Gasteiger partial charge in [0.1, 0.15) is 12.1 Å². The molecule has 0 bridgehead atoms. The van der Waals surface area contributed by atoms with Gasteiger partial charge in [-0.1, -0.05) is 96.6 Å². The van der Waals surface area contributed by atoms with Crippen molar-refractivity contribution in [2.24, 2.45) is 11.5 Å². The van der Waals surface area contributed by atoms with Crippen LogP contribution in [0.3, 0.4) is 0 Å². The van der Waals surface area contributed by atoms with E-state index in [1.807, 2.05) is 50.2 Å². The van der Waals surface area contributed by atoms with Crippen LogP contribution in [0.2, 0.25) is 0 Å². The zero-order valence-electron chi connectivity index (χ0n) is 31.5. The third kappa shape index (κ3) is 15.7. The third-order valence-corrected chi connectivity index (χ3v) is 8.25. The molecule has 2 unspecified atom stereocenters. The maximum Gasteiger partial charge on any atom is 0.246 e. The summed E-state index contributed by atoms with van der Waals surface area (Å²) in [5.41, 5.74) is 15.8. The lowest BCUT2D eigenvalue weighted by atomic mass is 10.0. The molecule has 10 nitrogen and oxygen atoms in total. The second-order valence-corrected chi connectivity index (χ2v) is 13.8. The highest BCUT2D eigenvalue weighted by atomic mass is 16.2. The van der Waals surface area contributed by atoms with Crippen molar-refractivity contribution in [1.29, 1.82) is 0 Å². The largest absolute Gasteiger partial charge is 0.347 e. The molecule has 276 valence electrons. The van der Waals surface area contributed by atoms with Crippen LogP contribution in [0.25, 0.3) is 11.1 Å². The van der Waals surface area contributed by atoms with Crippen molar-refractivity contribution in [2.75, 3.05) is 41.3 Å². The van der Waals surface area contributed by atoms with Gasteiger partial charge in [0, 0.05) is 40.2 Å². The number of rotatable bonds is 16. The number of carbonyl (C=O) groups is 4. The van der Waals surface area contributed by atoms with Gasteiger partial charge in [0.2, 0.25) is 23.6 Å². The molecule has 10 heteroatoms. The van der Waals surface area contributed by atoms with Gasteiger partial charge in [0.05, 0.1) is 6.54 Å². The number of amides is 4. The molecule has 51 heavy (non-hydrogen) atoms. The van der Waals surface area contributed by atoms with Gasteiger partial charge in [-0.05, 0) is 75.8 Å². The second kappa shape index (κ2) is 21.4. The van der Waals surface area contributed by atoms with Gasteiger partial charge in [-0.2, -0.15) is 0 Å². The van der Waals surface area contributed by atoms with Gasteiger partial charge in [-0.25, -0.2) is 0 Å². The summed E-state index contributed by atoms with van der Waals surface area (Å²) in [6, 6.07) is 26.8. The monoisotopic (exact) mass is 698 g/mol. The van der Waals surface area contributed by atoms with Crippen LogP contribution < -0.4 is 16.8 Å². The van der Waals surface area contributed by atoms with E-state index in [0.717, 1.165) is 12.0 Å². The number of hydrogen-bond acceptors (Lipinski definition) is 6. The Kier molecular flexibility index (Phi) is 17.8. The molecular weight excluding hydrogens is 640 g/mol. The Morgan fingerprint density at radius 3 is 1.94 bits per heavy atom. The van der Waals surface area contributed by atoms with Crippen LogP contribution >= 0.6 is 0 Å². The predicted octanol–water partition coefficient (Wildman–Crippen LogP) is 4.56. The molecule has 2 atom stereocenters. The molecule has 3 rings (SSSR count). The van der Waals surface area contributed by atoms with Gasteiger partial charge < -0.3 is 31.5 Å². The highest BCUT2D eigenvalue weighted by Crippen LogP contribution is 2.18. The molecule has 0 radical (unpaired) electrons. The molecule has 0 aliphatic heterocycles. The van der Waals surface area contributed by atoms with E-state index < -0.39 is 29.4 Å². The Morgan fingerprint density at radius 2 is 1.39 bits per heavy atom. The molecule has 0 saturated carbocycles. The summed E-state index contributed by atoms with van der Waals surface area (Å²) in [7, 11) is 6.34. The number of benzene rings is 3. The number of nitrogens with one attached hydrogen (secondary N) is 1. The maximum absolute atomic E-state index is 13.5. The molecule has 0 aliphatic rings. The van der Waals surface area contributed by atoms with Gasteiger partial charge in [-0.3, -0.25) is 19.2 Å². The van der Waals surface area contributed by atoms with Gasteiger partial charge in [0.15, 0.2) is 0 Å². The minimum atomic E-state index is -0.881. The lowest BCUT2D eigenvalue weighted by Gasteiger charge is -2.31. The molecule has 0 saturated heterocycles. The lowest BCUT2D eigenvalue weighted by Crippen LogP contribution is -2.55. The molecule has 4 amide bonds. The zero-order chi connectivity index (χ0) is 38.0. The van der Waals surface area contributed by atoms with Crippen LogP contribution in [-0.2, 0) is 25.6 Å². The first-order valence-corrected chi connectivity index (χ1v) is 17.5. The van der Waals surface area contributed by atoms with Crippen LogP contribution in [0.15, 0.2) is 97.1 Å². The Bertz CT molecular complexity index is 1540. The average molecular weight is 699 g/mol. The fourth-order valence-electron chi connectivity index (χ4n) is 5.11. The number of nitrogens with zero attached hydrogens (tertiary/aromatic N) is 3. The van der Waals surface area contributed by atoms with Gasteiger partial charge in [-0.15, -0.1) is 0 Å². The van der Waals surface area contributed by atoms with Crippen LogP contribution in [0.5, 0.6) is 0 Å². The number of aryl methyl sites for hydroxylation is 1. The first-order chi connectivity index (χ1) is 24.1. The zero-order valence-corrected chi connectivity index (χ0v) is 31.5. The number of nitrogens with two attached hydrogens (primary N) is 2. The SMILES string of the molecule is CN(C)C(=O)C(CCCCN)NC(=O)C(Cc1ccccc1)N(C)C(=O)CN(C)C(=O)/C=C/CC(C)(C)N.Cc1ccc(-c2ccccc2)cc1. The Hall–Kier alpha value is -4.80. The van der Waals surface area contributed by atoms with Crippen LogP contribution in [0.4, 0.5) is 0 Å². The molecule has 0 spiro atoms. The molecule has 0 heterocycles. The standard InChI is InChI=1S/C28H46N6O4.C13H12/c1-28(2,30)17-12-16-24(35)33(5)20-25(36)34(6)23(19-21-13-8-7-9-14-21)26(37)31-22(15-10-11-18-29)27(38)32(3)4;1-11-7-9-13(10-8-11)12-5-3-2-4-6-12/h7-9,12-14,16,22-23H,10-11,15,17-20,29-30H2,1-6H3,(H,31,37);2-10H,1H3/b16-12+;. The van der Waals surface area contributed by atoms with E-state index >= 15 is 0 Å². The highest BCUT2D eigenvalue weighted by molar-refractivity contribution is 5.94. The van der Waals surface area contributed by atoms with Crippen molar-refractivity contribution in [3.8, 4) is 11.1 Å². The van der Waals surface area contributed by atoms with E-state index in [1.165, 1.54) is 51.6 Å². The Balaban J connectivity index is 0.000000571. The summed E-state index contributed by atoms with van der Waals surface area (Å²) in [6.07, 6.45) is 5.71. The van der Waals surface area contributed by atoms with Gasteiger partial charge in [0.25, 0.3) is 0 Å². The highest BCUT2D eigenvalue weighted by Gasteiger charge is 2.31. The van der Waals surface area contributed by atoms with E-state index in [0.29, 0.717) is 25.8 Å². The predicted molar refractivity (Wildman–Crippen MR) is 207 cm³/mol. The smallest absolute Gasteiger partial charge is 0.246 e. The fraction of sp³-hybridized carbons (Fsp3) is 0.415. The summed E-state index contributed by atoms with van der Waals surface area (Å²) >= 11 is 0. The molecule has 3 aromatic rings. The minimum Gasteiger partial charge on any atom is -0.347 e. The van der Waals surface area contributed by atoms with Crippen LogP contribution in [0.1, 0.15) is 50.7 Å². The van der Waals surface area contributed by atoms with Gasteiger partial charge >= 0.3 is 0 Å². The summed E-state index contributed by atoms with van der Waals surface area (Å²) in [6.45, 7) is 6.11. The Labute approximate surface area is 304 Å². The Morgan fingerprint density at radius 1 is 0.824 bits per heavy atom. The van der Waals surface area contributed by atoms with Crippen molar-refractivity contribution in [3.63, 3.8) is 0 Å².